The molecule has 0 heterocycles. The van der Waals surface area contributed by atoms with Crippen LogP contribution in [0.2, 0.25) is 2.82 Å². The Hall–Kier alpha value is -0.890. The molecule has 0 aliphatic rings. The number of nitrogens with two attached hydrogens (primary N) is 1. The van der Waals surface area contributed by atoms with Gasteiger partial charge in [-0.15, -0.1) is 0 Å². The minimum atomic E-state index is -2.54. The lowest BCUT2D eigenvalue weighted by Crippen LogP contribution is -1.94. The third-order valence-corrected chi connectivity index (χ3v) is 0.833. The van der Waals surface area contributed by atoms with Crippen LogP contribution in [0.1, 0.15) is 11.0 Å². The fourth-order valence-corrected chi connectivity index (χ4v) is 0.432. The van der Waals surface area contributed by atoms with Crippen LogP contribution >= 0.6 is 0 Å². The van der Waals surface area contributed by atoms with Gasteiger partial charge in [0, 0.05) is 9.24 Å². The molecule has 0 saturated carbocycles. The summed E-state index contributed by atoms with van der Waals surface area (Å²) in [5, 5.41) is 0. The van der Waals surface area contributed by atoms with Crippen LogP contribution < -0.4 is 5.72 Å². The van der Waals surface area contributed by atoms with E-state index in [1.54, 1.807) is 0 Å². The smallest absolute Gasteiger partial charge is 0.123 e. The molecule has 0 amide bonds. The predicted molar refractivity (Wildman–Crippen MR) is 34.3 cm³/mol. The molecule has 0 aromatic heterocycles. The molecule has 1 rings (SSSR count). The molecule has 0 unspecified atom stereocenters. The van der Waals surface area contributed by atoms with E-state index in [9.17, 15) is 4.39 Å². The van der Waals surface area contributed by atoms with Gasteiger partial charge in [0.15, 0.2) is 0 Å². The number of halogens is 1. The van der Waals surface area contributed by atoms with Gasteiger partial charge in [-0.1, -0.05) is 12.1 Å². The molecule has 0 radical (unpaired) electrons. The van der Waals surface area contributed by atoms with Crippen molar-refractivity contribution in [1.29, 1.82) is 0 Å². The lowest BCUT2D eigenvalue weighted by Gasteiger charge is -1.92. The first-order valence-corrected chi connectivity index (χ1v) is 2.32. The molecular weight excluding hydrogens is 117 g/mol. The highest BCUT2D eigenvalue weighted by Gasteiger charge is 1.87. The molecule has 48 valence electrons. The second-order valence-corrected chi connectivity index (χ2v) is 1.46. The minimum Gasteiger partial charge on any atom is -0.326 e. The SMILES string of the molecule is [2H]c1c(F)ccc(C([2H])([2H])N([2H])[2H])c1[2H]. The first kappa shape index (κ1) is 2.06. The van der Waals surface area contributed by atoms with Gasteiger partial charge in [0.25, 0.3) is 0 Å². The fourth-order valence-electron chi connectivity index (χ4n) is 0.432. The van der Waals surface area contributed by atoms with E-state index in [4.69, 9.17) is 8.31 Å². The second kappa shape index (κ2) is 2.60. The van der Waals surface area contributed by atoms with Gasteiger partial charge in [-0.2, -0.15) is 0 Å². The zero-order valence-electron chi connectivity index (χ0n) is 10.5. The lowest BCUT2D eigenvalue weighted by atomic mass is 10.2. The molecule has 0 spiro atoms. The van der Waals surface area contributed by atoms with Crippen LogP contribution in [0.4, 0.5) is 4.39 Å². The van der Waals surface area contributed by atoms with Gasteiger partial charge in [-0.25, -0.2) is 4.39 Å². The van der Waals surface area contributed by atoms with Crippen LogP contribution in [0.3, 0.4) is 0 Å². The molecule has 9 heavy (non-hydrogen) atoms. The van der Waals surface area contributed by atoms with Crippen LogP contribution in [0.5, 0.6) is 0 Å². The largest absolute Gasteiger partial charge is 0.326 e. The minimum absolute atomic E-state index is 0.224. The topological polar surface area (TPSA) is 26.0 Å². The van der Waals surface area contributed by atoms with Crippen molar-refractivity contribution >= 4 is 0 Å². The Morgan fingerprint density at radius 1 is 1.78 bits per heavy atom. The fraction of sp³-hybridized carbons (Fsp3) is 0.143. The molecule has 0 aliphatic carbocycles. The summed E-state index contributed by atoms with van der Waals surface area (Å²) in [5.41, 5.74) is -0.601. The molecule has 0 aliphatic heterocycles. The maximum atomic E-state index is 12.8. The number of rotatable bonds is 2. The molecule has 2 N–H and O–H groups in total. The highest BCUT2D eigenvalue weighted by molar-refractivity contribution is 5.15. The Morgan fingerprint density at radius 3 is 3.44 bits per heavy atom. The summed E-state index contributed by atoms with van der Waals surface area (Å²) in [6.45, 7) is -2.54. The Bertz CT molecular complexity index is 380. The highest BCUT2D eigenvalue weighted by atomic mass is 19.1. The summed E-state index contributed by atoms with van der Waals surface area (Å²) in [5.74, 6) is -0.930. The maximum Gasteiger partial charge on any atom is 0.123 e. The summed E-state index contributed by atoms with van der Waals surface area (Å²) in [7, 11) is 0. The van der Waals surface area contributed by atoms with Crippen molar-refractivity contribution in [3.8, 4) is 0 Å². The third-order valence-electron chi connectivity index (χ3n) is 0.833. The van der Waals surface area contributed by atoms with Gasteiger partial charge in [0.2, 0.25) is 0 Å². The van der Waals surface area contributed by atoms with E-state index < -0.39 is 24.4 Å². The van der Waals surface area contributed by atoms with Gasteiger partial charge in [0.05, 0.1) is 2.74 Å². The van der Waals surface area contributed by atoms with E-state index in [0.717, 1.165) is 12.1 Å². The van der Waals surface area contributed by atoms with Crippen LogP contribution in [0.15, 0.2) is 24.2 Å². The van der Waals surface area contributed by atoms with Crippen LogP contribution in [-0.2, 0) is 6.50 Å². The van der Waals surface area contributed by atoms with Crippen LogP contribution in [0, 0.1) is 5.82 Å². The summed E-state index contributed by atoms with van der Waals surface area (Å²) >= 11 is 0. The average molecular weight is 131 g/mol. The molecule has 0 fully saturated rings. The summed E-state index contributed by atoms with van der Waals surface area (Å²) in [4.78, 5) is 0. The summed E-state index contributed by atoms with van der Waals surface area (Å²) in [6, 6.07) is 0.422. The normalized spacial score (nSPS) is 21.1. The Labute approximate surface area is 61.8 Å². The lowest BCUT2D eigenvalue weighted by molar-refractivity contribution is 0.627. The van der Waals surface area contributed by atoms with Crippen molar-refractivity contribution in [3.05, 3.63) is 35.6 Å². The van der Waals surface area contributed by atoms with Crippen molar-refractivity contribution < 1.29 is 12.7 Å². The van der Waals surface area contributed by atoms with Crippen molar-refractivity contribution in [2.24, 2.45) is 5.72 Å². The molecule has 0 atom stereocenters. The Morgan fingerprint density at radius 2 is 2.67 bits per heavy atom. The van der Waals surface area contributed by atoms with E-state index in [-0.39, 0.29) is 11.3 Å². The van der Waals surface area contributed by atoms with E-state index in [1.807, 2.05) is 0 Å². The van der Waals surface area contributed by atoms with Gasteiger partial charge in [-0.05, 0) is 17.7 Å². The van der Waals surface area contributed by atoms with Gasteiger partial charge >= 0.3 is 0 Å². The second-order valence-electron chi connectivity index (χ2n) is 1.46. The number of benzene rings is 1. The summed E-state index contributed by atoms with van der Waals surface area (Å²) < 4.78 is 55.6. The maximum absolute atomic E-state index is 12.8. The van der Waals surface area contributed by atoms with Crippen molar-refractivity contribution in [1.82, 2.24) is 0 Å². The van der Waals surface area contributed by atoms with Crippen molar-refractivity contribution in [2.45, 2.75) is 6.50 Å². The Balaban J connectivity index is 3.34. The Kier molecular flexibility index (Phi) is 0.594. The monoisotopic (exact) mass is 131 g/mol. The first-order chi connectivity index (χ1) is 6.78. The molecule has 1 aromatic carbocycles. The predicted octanol–water partition coefficient (Wildman–Crippen LogP) is 1.28. The first-order valence-electron chi connectivity index (χ1n) is 5.22. The molecule has 2 heteroatoms. The summed E-state index contributed by atoms with van der Waals surface area (Å²) in [6.07, 6.45) is 0. The van der Waals surface area contributed by atoms with E-state index in [1.165, 1.54) is 0 Å². The van der Waals surface area contributed by atoms with Gasteiger partial charge in [0.1, 0.15) is 8.64 Å². The standard InChI is InChI=1S/C7H8FN/c8-7-3-1-6(5-9)2-4-7/h1-4H,5,9H2/i1D,3D,5D2/hD2. The average Bonchev–Trinajstić information content (AvgIpc) is 2.13. The van der Waals surface area contributed by atoms with E-state index in [0.29, 0.717) is 0 Å². The van der Waals surface area contributed by atoms with Crippen molar-refractivity contribution in [3.63, 3.8) is 0 Å². The van der Waals surface area contributed by atoms with Crippen LogP contribution in [-0.4, -0.2) is 0 Å². The molecule has 0 saturated heterocycles. The number of hydrogen-bond acceptors (Lipinski definition) is 1. The van der Waals surface area contributed by atoms with E-state index in [2.05, 4.69) is 0 Å². The third kappa shape index (κ3) is 1.50. The zero-order chi connectivity index (χ0) is 11.8. The quantitative estimate of drug-likeness (QED) is 0.643. The van der Waals surface area contributed by atoms with Crippen LogP contribution in [0.25, 0.3) is 0 Å². The molecular formula is C7H8FN. The van der Waals surface area contributed by atoms with Gasteiger partial charge in [-0.3, -0.25) is 0 Å². The molecule has 1 nitrogen and oxygen atoms in total. The van der Waals surface area contributed by atoms with Gasteiger partial charge < -0.3 is 5.72 Å². The molecule has 1 aromatic rings. The molecule has 0 bridgehead atoms. The zero-order valence-corrected chi connectivity index (χ0v) is 4.48. The van der Waals surface area contributed by atoms with Crippen molar-refractivity contribution in [2.75, 3.05) is 0 Å². The number of hydrogen-bond donors (Lipinski definition) is 1. The highest BCUT2D eigenvalue weighted by Crippen LogP contribution is 2.00. The van der Waals surface area contributed by atoms with E-state index >= 15 is 0 Å².